The number of rotatable bonds is 6. The maximum absolute atomic E-state index is 5.87. The molecule has 0 amide bonds. The van der Waals surface area contributed by atoms with Gasteiger partial charge in [0.25, 0.3) is 0 Å². The van der Waals surface area contributed by atoms with Crippen LogP contribution < -0.4 is 15.8 Å². The van der Waals surface area contributed by atoms with Crippen molar-refractivity contribution < 1.29 is 4.74 Å². The number of ether oxygens (including phenoxy) is 1. The predicted molar refractivity (Wildman–Crippen MR) is 95.9 cm³/mol. The summed E-state index contributed by atoms with van der Waals surface area (Å²) in [6.07, 6.45) is 4.34. The van der Waals surface area contributed by atoms with Gasteiger partial charge in [-0.1, -0.05) is 12.1 Å². The Bertz CT molecular complexity index is 647. The minimum absolute atomic E-state index is 0.255. The first-order valence-electron chi connectivity index (χ1n) is 8.00. The summed E-state index contributed by atoms with van der Waals surface area (Å²) in [6.45, 7) is 7.15. The van der Waals surface area contributed by atoms with Gasteiger partial charge in [-0.05, 0) is 38.5 Å². The number of nitrogens with two attached hydrogens (primary N) is 1. The van der Waals surface area contributed by atoms with Crippen LogP contribution in [0.2, 0.25) is 0 Å². The normalized spacial score (nSPS) is 12.0. The van der Waals surface area contributed by atoms with Crippen molar-refractivity contribution in [2.75, 3.05) is 6.54 Å². The number of guanidine groups is 1. The maximum Gasteiger partial charge on any atom is 0.213 e. The molecule has 2 aromatic heterocycles. The average Bonchev–Trinajstić information content (AvgIpc) is 2.54. The molecule has 0 unspecified atom stereocenters. The Hall–Kier alpha value is -2.63. The van der Waals surface area contributed by atoms with Gasteiger partial charge in [-0.3, -0.25) is 4.98 Å². The molecule has 0 bridgehead atoms. The van der Waals surface area contributed by atoms with Crippen LogP contribution in [0.15, 0.2) is 47.7 Å². The van der Waals surface area contributed by atoms with E-state index >= 15 is 0 Å². The third kappa shape index (κ3) is 6.64. The quantitative estimate of drug-likeness (QED) is 0.628. The van der Waals surface area contributed by atoms with E-state index in [1.54, 1.807) is 12.4 Å². The van der Waals surface area contributed by atoms with Crippen molar-refractivity contribution in [3.63, 3.8) is 0 Å². The molecule has 0 radical (unpaired) electrons. The molecule has 0 atom stereocenters. The summed E-state index contributed by atoms with van der Waals surface area (Å²) in [5, 5.41) is 3.09. The van der Waals surface area contributed by atoms with E-state index in [1.165, 1.54) is 0 Å². The fourth-order valence-corrected chi connectivity index (χ4v) is 1.98. The zero-order chi connectivity index (χ0) is 17.4. The van der Waals surface area contributed by atoms with Gasteiger partial charge in [0.05, 0.1) is 6.54 Å². The second-order valence-electron chi connectivity index (χ2n) is 6.42. The van der Waals surface area contributed by atoms with E-state index in [-0.39, 0.29) is 5.60 Å². The first-order chi connectivity index (χ1) is 11.4. The third-order valence-corrected chi connectivity index (χ3v) is 3.05. The standard InChI is InChI=1S/C18H25N5O/c1-18(2,3)24-16-8-7-14(12-22-16)13-23-17(19)21-11-9-15-6-4-5-10-20-15/h4-8,10,12H,9,11,13H2,1-3H3,(H3,19,21,23). The Morgan fingerprint density at radius 1 is 1.21 bits per heavy atom. The number of hydrogen-bond donors (Lipinski definition) is 2. The third-order valence-electron chi connectivity index (χ3n) is 3.05. The number of nitrogens with one attached hydrogen (secondary N) is 1. The molecular weight excluding hydrogens is 302 g/mol. The topological polar surface area (TPSA) is 85.4 Å². The summed E-state index contributed by atoms with van der Waals surface area (Å²) >= 11 is 0. The van der Waals surface area contributed by atoms with Crippen LogP contribution in [0.25, 0.3) is 0 Å². The monoisotopic (exact) mass is 327 g/mol. The van der Waals surface area contributed by atoms with Crippen LogP contribution in [0.3, 0.4) is 0 Å². The molecule has 0 aliphatic rings. The Kier molecular flexibility index (Phi) is 6.12. The van der Waals surface area contributed by atoms with Crippen molar-refractivity contribution in [3.05, 3.63) is 54.0 Å². The largest absolute Gasteiger partial charge is 0.472 e. The van der Waals surface area contributed by atoms with E-state index in [9.17, 15) is 0 Å². The molecule has 128 valence electrons. The zero-order valence-electron chi connectivity index (χ0n) is 14.5. The van der Waals surface area contributed by atoms with Gasteiger partial charge in [0.15, 0.2) is 5.96 Å². The maximum atomic E-state index is 5.87. The first-order valence-corrected chi connectivity index (χ1v) is 8.00. The molecule has 2 aromatic rings. The number of aliphatic imine (C=N–C) groups is 1. The SMILES string of the molecule is CC(C)(C)Oc1ccc(CN=C(N)NCCc2ccccn2)cn1. The molecule has 0 fully saturated rings. The van der Waals surface area contributed by atoms with E-state index in [1.807, 2.05) is 51.1 Å². The highest BCUT2D eigenvalue weighted by Gasteiger charge is 2.12. The average molecular weight is 327 g/mol. The lowest BCUT2D eigenvalue weighted by atomic mass is 10.2. The van der Waals surface area contributed by atoms with Crippen LogP contribution in [-0.2, 0) is 13.0 Å². The van der Waals surface area contributed by atoms with Gasteiger partial charge in [-0.25, -0.2) is 9.98 Å². The molecular formula is C18H25N5O. The summed E-state index contributed by atoms with van der Waals surface area (Å²) < 4.78 is 5.69. The Morgan fingerprint density at radius 3 is 2.67 bits per heavy atom. The molecule has 0 aromatic carbocycles. The lowest BCUT2D eigenvalue weighted by molar-refractivity contribution is 0.124. The molecule has 0 spiro atoms. The lowest BCUT2D eigenvalue weighted by Crippen LogP contribution is -2.33. The molecule has 2 heterocycles. The summed E-state index contributed by atoms with van der Waals surface area (Å²) in [5.74, 6) is 1.03. The molecule has 2 rings (SSSR count). The van der Waals surface area contributed by atoms with Crippen molar-refractivity contribution in [2.24, 2.45) is 10.7 Å². The van der Waals surface area contributed by atoms with E-state index < -0.39 is 0 Å². The highest BCUT2D eigenvalue weighted by molar-refractivity contribution is 5.77. The van der Waals surface area contributed by atoms with Crippen LogP contribution in [0.5, 0.6) is 5.88 Å². The molecule has 0 aliphatic carbocycles. The van der Waals surface area contributed by atoms with Gasteiger partial charge in [0.2, 0.25) is 5.88 Å². The molecule has 6 heteroatoms. The van der Waals surface area contributed by atoms with Crippen LogP contribution >= 0.6 is 0 Å². The van der Waals surface area contributed by atoms with Crippen LogP contribution in [0.4, 0.5) is 0 Å². The summed E-state index contributed by atoms with van der Waals surface area (Å²) in [6, 6.07) is 9.65. The van der Waals surface area contributed by atoms with Crippen molar-refractivity contribution in [1.29, 1.82) is 0 Å². The Labute approximate surface area is 143 Å². The van der Waals surface area contributed by atoms with Crippen molar-refractivity contribution in [3.8, 4) is 5.88 Å². The van der Waals surface area contributed by atoms with Gasteiger partial charge in [0.1, 0.15) is 5.60 Å². The van der Waals surface area contributed by atoms with Crippen molar-refractivity contribution >= 4 is 5.96 Å². The fourth-order valence-electron chi connectivity index (χ4n) is 1.98. The summed E-state index contributed by atoms with van der Waals surface area (Å²) in [4.78, 5) is 12.9. The molecule has 6 nitrogen and oxygen atoms in total. The number of nitrogens with zero attached hydrogens (tertiary/aromatic N) is 3. The van der Waals surface area contributed by atoms with Crippen LogP contribution in [0.1, 0.15) is 32.0 Å². The predicted octanol–water partition coefficient (Wildman–Crippen LogP) is 2.30. The summed E-state index contributed by atoms with van der Waals surface area (Å²) in [7, 11) is 0. The van der Waals surface area contributed by atoms with E-state index in [0.717, 1.165) is 17.7 Å². The lowest BCUT2D eigenvalue weighted by Gasteiger charge is -2.20. The minimum atomic E-state index is -0.255. The van der Waals surface area contributed by atoms with Gasteiger partial charge < -0.3 is 15.8 Å². The van der Waals surface area contributed by atoms with E-state index in [4.69, 9.17) is 10.5 Å². The Balaban J connectivity index is 1.77. The highest BCUT2D eigenvalue weighted by atomic mass is 16.5. The van der Waals surface area contributed by atoms with Crippen molar-refractivity contribution in [2.45, 2.75) is 39.3 Å². The van der Waals surface area contributed by atoms with Crippen molar-refractivity contribution in [1.82, 2.24) is 15.3 Å². The number of pyridine rings is 2. The first kappa shape index (κ1) is 17.7. The molecule has 0 aliphatic heterocycles. The van der Waals surface area contributed by atoms with Crippen LogP contribution in [-0.4, -0.2) is 28.1 Å². The molecule has 24 heavy (non-hydrogen) atoms. The molecule has 3 N–H and O–H groups in total. The highest BCUT2D eigenvalue weighted by Crippen LogP contribution is 2.15. The second-order valence-corrected chi connectivity index (χ2v) is 6.42. The van der Waals surface area contributed by atoms with Gasteiger partial charge in [-0.2, -0.15) is 0 Å². The van der Waals surface area contributed by atoms with Gasteiger partial charge in [-0.15, -0.1) is 0 Å². The Morgan fingerprint density at radius 2 is 2.04 bits per heavy atom. The minimum Gasteiger partial charge on any atom is -0.472 e. The number of aromatic nitrogens is 2. The molecule has 0 saturated carbocycles. The van der Waals surface area contributed by atoms with E-state index in [2.05, 4.69) is 20.3 Å². The van der Waals surface area contributed by atoms with Gasteiger partial charge in [0, 0.05) is 37.1 Å². The second kappa shape index (κ2) is 8.29. The van der Waals surface area contributed by atoms with E-state index in [0.29, 0.717) is 24.9 Å². The zero-order valence-corrected chi connectivity index (χ0v) is 14.5. The molecule has 0 saturated heterocycles. The summed E-state index contributed by atoms with van der Waals surface area (Å²) in [5.41, 5.74) is 7.62. The van der Waals surface area contributed by atoms with Crippen LogP contribution in [0, 0.1) is 0 Å². The van der Waals surface area contributed by atoms with Gasteiger partial charge >= 0.3 is 0 Å². The fraction of sp³-hybridized carbons (Fsp3) is 0.389. The number of hydrogen-bond acceptors (Lipinski definition) is 4. The smallest absolute Gasteiger partial charge is 0.213 e.